The first-order chi connectivity index (χ1) is 8.15. The maximum Gasteiger partial charge on any atom is 0.257 e. The number of carbonyl (C=O) groups is 1. The Morgan fingerprint density at radius 2 is 2.18 bits per heavy atom. The average molecular weight is 265 g/mol. The maximum absolute atomic E-state index is 12.0. The molecule has 0 aromatic carbocycles. The molecule has 1 aromatic heterocycles. The van der Waals surface area contributed by atoms with E-state index in [1.165, 1.54) is 20.9 Å². The molecule has 90 valence electrons. The number of amides is 1. The molecule has 1 N–H and O–H groups in total. The fourth-order valence-corrected chi connectivity index (χ4v) is 4.28. The van der Waals surface area contributed by atoms with E-state index >= 15 is 0 Å². The van der Waals surface area contributed by atoms with Crippen molar-refractivity contribution in [1.82, 2.24) is 5.32 Å². The van der Waals surface area contributed by atoms with Crippen molar-refractivity contribution in [2.75, 3.05) is 0 Å². The Kier molecular flexibility index (Phi) is 2.79. The molecular weight excluding hydrogens is 250 g/mol. The van der Waals surface area contributed by atoms with E-state index in [9.17, 15) is 4.79 Å². The van der Waals surface area contributed by atoms with Crippen LogP contribution in [0.4, 0.5) is 0 Å². The van der Waals surface area contributed by atoms with Crippen LogP contribution >= 0.6 is 23.1 Å². The predicted molar refractivity (Wildman–Crippen MR) is 74.2 cm³/mol. The Bertz CT molecular complexity index is 512. The van der Waals surface area contributed by atoms with Crippen LogP contribution in [-0.4, -0.2) is 11.9 Å². The van der Waals surface area contributed by atoms with Crippen LogP contribution in [0.2, 0.25) is 0 Å². The van der Waals surface area contributed by atoms with Crippen molar-refractivity contribution >= 4 is 35.1 Å². The summed E-state index contributed by atoms with van der Waals surface area (Å²) >= 11 is 3.47. The summed E-state index contributed by atoms with van der Waals surface area (Å²) in [7, 11) is 0. The zero-order valence-corrected chi connectivity index (χ0v) is 11.6. The summed E-state index contributed by atoms with van der Waals surface area (Å²) in [6.07, 6.45) is 4.35. The molecule has 0 bridgehead atoms. The first kappa shape index (κ1) is 11.4. The van der Waals surface area contributed by atoms with Crippen LogP contribution in [0, 0.1) is 13.8 Å². The summed E-state index contributed by atoms with van der Waals surface area (Å²) in [5, 5.41) is 3.05. The van der Waals surface area contributed by atoms with Gasteiger partial charge in [0.25, 0.3) is 5.91 Å². The van der Waals surface area contributed by atoms with Crippen molar-refractivity contribution in [2.45, 2.75) is 38.5 Å². The molecule has 1 aliphatic carbocycles. The van der Waals surface area contributed by atoms with E-state index in [4.69, 9.17) is 0 Å². The van der Waals surface area contributed by atoms with Gasteiger partial charge in [0.1, 0.15) is 0 Å². The Morgan fingerprint density at radius 1 is 1.41 bits per heavy atom. The van der Waals surface area contributed by atoms with Crippen LogP contribution in [0.25, 0.3) is 6.08 Å². The average Bonchev–Trinajstić information content (AvgIpc) is 3.07. The van der Waals surface area contributed by atoms with Gasteiger partial charge in [-0.3, -0.25) is 4.79 Å². The molecule has 0 saturated heterocycles. The molecule has 4 heteroatoms. The molecule has 17 heavy (non-hydrogen) atoms. The second kappa shape index (κ2) is 4.18. The lowest BCUT2D eigenvalue weighted by Gasteiger charge is -2.13. The Morgan fingerprint density at radius 3 is 2.88 bits per heavy atom. The molecule has 0 radical (unpaired) electrons. The minimum atomic E-state index is 0.117. The molecule has 1 aliphatic heterocycles. The highest BCUT2D eigenvalue weighted by molar-refractivity contribution is 8.03. The molecule has 0 unspecified atom stereocenters. The Labute approximate surface area is 109 Å². The molecule has 3 rings (SSSR count). The third kappa shape index (κ3) is 2.16. The zero-order chi connectivity index (χ0) is 12.0. The van der Waals surface area contributed by atoms with E-state index in [2.05, 4.69) is 25.2 Å². The summed E-state index contributed by atoms with van der Waals surface area (Å²) in [5.74, 6) is 1.06. The number of fused-ring (bicyclic) bond motifs is 1. The van der Waals surface area contributed by atoms with E-state index in [1.54, 1.807) is 23.1 Å². The van der Waals surface area contributed by atoms with Gasteiger partial charge in [-0.25, -0.2) is 0 Å². The Balaban J connectivity index is 1.85. The highest BCUT2D eigenvalue weighted by atomic mass is 32.2. The van der Waals surface area contributed by atoms with Crippen LogP contribution in [0.5, 0.6) is 0 Å². The van der Waals surface area contributed by atoms with Gasteiger partial charge in [-0.15, -0.1) is 23.1 Å². The Hall–Kier alpha value is -0.740. The number of aryl methyl sites for hydroxylation is 1. The van der Waals surface area contributed by atoms with E-state index < -0.39 is 0 Å². The standard InChI is InChI=1S/C13H15NOS2/c1-7-8(2)17-11-5-12(16-6-10(7)11)13(15)14-9-3-4-9/h5,9H,3-4,6H2,1-2H3,(H,14,15). The zero-order valence-electron chi connectivity index (χ0n) is 10.0. The molecule has 0 spiro atoms. The van der Waals surface area contributed by atoms with Crippen molar-refractivity contribution in [1.29, 1.82) is 0 Å². The first-order valence-electron chi connectivity index (χ1n) is 5.89. The quantitative estimate of drug-likeness (QED) is 0.889. The third-order valence-electron chi connectivity index (χ3n) is 3.31. The molecule has 1 amide bonds. The summed E-state index contributed by atoms with van der Waals surface area (Å²) in [6, 6.07) is 0.442. The van der Waals surface area contributed by atoms with Gasteiger partial charge < -0.3 is 5.32 Å². The highest BCUT2D eigenvalue weighted by Crippen LogP contribution is 2.39. The summed E-state index contributed by atoms with van der Waals surface area (Å²) in [6.45, 7) is 4.33. The fraction of sp³-hybridized carbons (Fsp3) is 0.462. The minimum absolute atomic E-state index is 0.117. The minimum Gasteiger partial charge on any atom is -0.349 e. The van der Waals surface area contributed by atoms with Gasteiger partial charge in [-0.05, 0) is 43.9 Å². The predicted octanol–water partition coefficient (Wildman–Crippen LogP) is 3.23. The fourth-order valence-electron chi connectivity index (χ4n) is 1.92. The van der Waals surface area contributed by atoms with Crippen molar-refractivity contribution in [3.05, 3.63) is 25.8 Å². The van der Waals surface area contributed by atoms with Gasteiger partial charge in [0, 0.05) is 21.5 Å². The molecule has 2 heterocycles. The van der Waals surface area contributed by atoms with Crippen molar-refractivity contribution in [2.24, 2.45) is 0 Å². The number of hydrogen-bond donors (Lipinski definition) is 1. The van der Waals surface area contributed by atoms with Crippen LogP contribution in [0.1, 0.15) is 33.7 Å². The SMILES string of the molecule is Cc1sc2c(c1C)CSC(C(=O)NC1CC1)=C2. The number of nitrogens with one attached hydrogen (secondary N) is 1. The summed E-state index contributed by atoms with van der Waals surface area (Å²) in [4.78, 5) is 15.5. The normalized spacial score (nSPS) is 18.6. The van der Waals surface area contributed by atoms with Gasteiger partial charge in [0.05, 0.1) is 4.91 Å². The third-order valence-corrected chi connectivity index (χ3v) is 5.56. The molecule has 1 saturated carbocycles. The molecule has 2 aliphatic rings. The van der Waals surface area contributed by atoms with E-state index in [1.807, 2.05) is 0 Å². The van der Waals surface area contributed by atoms with Crippen molar-refractivity contribution in [3.8, 4) is 0 Å². The van der Waals surface area contributed by atoms with Gasteiger partial charge in [-0.2, -0.15) is 0 Å². The second-order valence-electron chi connectivity index (χ2n) is 4.67. The summed E-state index contributed by atoms with van der Waals surface area (Å²) in [5.41, 5.74) is 2.82. The number of carbonyl (C=O) groups excluding carboxylic acids is 1. The van der Waals surface area contributed by atoms with Crippen LogP contribution < -0.4 is 5.32 Å². The maximum atomic E-state index is 12.0. The van der Waals surface area contributed by atoms with Crippen molar-refractivity contribution in [3.63, 3.8) is 0 Å². The topological polar surface area (TPSA) is 29.1 Å². The molecule has 1 fully saturated rings. The van der Waals surface area contributed by atoms with Crippen molar-refractivity contribution < 1.29 is 4.79 Å². The lowest BCUT2D eigenvalue weighted by molar-refractivity contribution is -0.116. The van der Waals surface area contributed by atoms with Gasteiger partial charge in [-0.1, -0.05) is 0 Å². The van der Waals surface area contributed by atoms with E-state index in [0.29, 0.717) is 6.04 Å². The number of rotatable bonds is 2. The van der Waals surface area contributed by atoms with Crippen LogP contribution in [0.15, 0.2) is 4.91 Å². The lowest BCUT2D eigenvalue weighted by Crippen LogP contribution is -2.26. The smallest absolute Gasteiger partial charge is 0.257 e. The van der Waals surface area contributed by atoms with Gasteiger partial charge in [0.15, 0.2) is 0 Å². The van der Waals surface area contributed by atoms with Gasteiger partial charge >= 0.3 is 0 Å². The molecule has 0 atom stereocenters. The van der Waals surface area contributed by atoms with Crippen LogP contribution in [-0.2, 0) is 10.5 Å². The largest absolute Gasteiger partial charge is 0.349 e. The van der Waals surface area contributed by atoms with E-state index in [0.717, 1.165) is 23.5 Å². The first-order valence-corrected chi connectivity index (χ1v) is 7.69. The summed E-state index contributed by atoms with van der Waals surface area (Å²) < 4.78 is 0. The highest BCUT2D eigenvalue weighted by Gasteiger charge is 2.27. The molecular formula is C13H15NOS2. The number of thiophene rings is 1. The monoisotopic (exact) mass is 265 g/mol. The molecule has 1 aromatic rings. The number of hydrogen-bond acceptors (Lipinski definition) is 3. The van der Waals surface area contributed by atoms with Crippen LogP contribution in [0.3, 0.4) is 0 Å². The second-order valence-corrected chi connectivity index (χ2v) is 6.94. The molecule has 2 nitrogen and oxygen atoms in total. The van der Waals surface area contributed by atoms with E-state index in [-0.39, 0.29) is 5.91 Å². The number of thioether (sulfide) groups is 1. The lowest BCUT2D eigenvalue weighted by atomic mass is 10.1. The van der Waals surface area contributed by atoms with Gasteiger partial charge in [0.2, 0.25) is 0 Å².